The Kier molecular flexibility index (Phi) is 4.45. The van der Waals surface area contributed by atoms with Crippen LogP contribution in [0.4, 0.5) is 0 Å². The summed E-state index contributed by atoms with van der Waals surface area (Å²) in [7, 11) is 0. The molecule has 118 valence electrons. The van der Waals surface area contributed by atoms with E-state index in [-0.39, 0.29) is 36.3 Å². The molecule has 0 aromatic carbocycles. The monoisotopic (exact) mass is 296 g/mol. The summed E-state index contributed by atoms with van der Waals surface area (Å²) in [5.74, 6) is 0.403. The van der Waals surface area contributed by atoms with Gasteiger partial charge < -0.3 is 19.6 Å². The molecule has 0 aromatic heterocycles. The molecule has 2 saturated heterocycles. The van der Waals surface area contributed by atoms with Gasteiger partial charge in [-0.1, -0.05) is 0 Å². The number of nitrogens with zero attached hydrogens (tertiary/aromatic N) is 2. The number of carbonyl (C=O) groups is 2. The van der Waals surface area contributed by atoms with Crippen molar-refractivity contribution in [1.29, 1.82) is 0 Å². The highest BCUT2D eigenvalue weighted by Crippen LogP contribution is 2.32. The fourth-order valence-electron chi connectivity index (χ4n) is 3.30. The van der Waals surface area contributed by atoms with Gasteiger partial charge in [0, 0.05) is 25.6 Å². The molecule has 3 aliphatic rings. The zero-order chi connectivity index (χ0) is 14.8. The van der Waals surface area contributed by atoms with Crippen molar-refractivity contribution >= 4 is 11.8 Å². The molecular formula is C15H24N2O4. The lowest BCUT2D eigenvalue weighted by atomic mass is 9.95. The molecule has 2 amide bonds. The maximum Gasteiger partial charge on any atom is 0.227 e. The molecule has 1 aliphatic carbocycles. The van der Waals surface area contributed by atoms with Gasteiger partial charge in [-0.15, -0.1) is 0 Å². The molecule has 0 spiro atoms. The predicted octanol–water partition coefficient (Wildman–Crippen LogP) is -0.145. The number of rotatable bonds is 3. The summed E-state index contributed by atoms with van der Waals surface area (Å²) in [5.41, 5.74) is 0. The quantitative estimate of drug-likeness (QED) is 0.786. The van der Waals surface area contributed by atoms with E-state index in [4.69, 9.17) is 4.74 Å². The average Bonchev–Trinajstić information content (AvgIpc) is 3.38. The van der Waals surface area contributed by atoms with Crippen LogP contribution in [0.25, 0.3) is 0 Å². The minimum absolute atomic E-state index is 0.0663. The first-order valence-corrected chi connectivity index (χ1v) is 7.98. The van der Waals surface area contributed by atoms with Crippen LogP contribution in [0.15, 0.2) is 0 Å². The molecule has 0 radical (unpaired) electrons. The van der Waals surface area contributed by atoms with Crippen molar-refractivity contribution < 1.29 is 19.4 Å². The van der Waals surface area contributed by atoms with E-state index in [9.17, 15) is 14.7 Å². The van der Waals surface area contributed by atoms with Crippen molar-refractivity contribution in [3.63, 3.8) is 0 Å². The molecule has 2 heterocycles. The van der Waals surface area contributed by atoms with Gasteiger partial charge in [-0.05, 0) is 25.7 Å². The van der Waals surface area contributed by atoms with Crippen molar-refractivity contribution in [3.8, 4) is 0 Å². The second-order valence-electron chi connectivity index (χ2n) is 6.34. The zero-order valence-electron chi connectivity index (χ0n) is 12.4. The van der Waals surface area contributed by atoms with E-state index in [0.29, 0.717) is 26.3 Å². The van der Waals surface area contributed by atoms with E-state index >= 15 is 0 Å². The summed E-state index contributed by atoms with van der Waals surface area (Å²) in [5, 5.41) is 9.39. The summed E-state index contributed by atoms with van der Waals surface area (Å²) >= 11 is 0. The molecule has 2 aliphatic heterocycles. The first-order valence-electron chi connectivity index (χ1n) is 7.98. The molecular weight excluding hydrogens is 272 g/mol. The molecule has 1 saturated carbocycles. The van der Waals surface area contributed by atoms with E-state index < -0.39 is 0 Å². The summed E-state index contributed by atoms with van der Waals surface area (Å²) in [4.78, 5) is 28.5. The van der Waals surface area contributed by atoms with Crippen molar-refractivity contribution in [1.82, 2.24) is 9.80 Å². The Morgan fingerprint density at radius 2 is 1.90 bits per heavy atom. The third-order valence-electron chi connectivity index (χ3n) is 4.73. The first kappa shape index (κ1) is 14.8. The van der Waals surface area contributed by atoms with Gasteiger partial charge in [0.1, 0.15) is 0 Å². The molecule has 0 bridgehead atoms. The number of likely N-dealkylation sites (tertiary alicyclic amines) is 1. The van der Waals surface area contributed by atoms with Gasteiger partial charge in [-0.2, -0.15) is 0 Å². The highest BCUT2D eigenvalue weighted by Gasteiger charge is 2.38. The summed E-state index contributed by atoms with van der Waals surface area (Å²) < 4.78 is 5.32. The third-order valence-corrected chi connectivity index (χ3v) is 4.73. The van der Waals surface area contributed by atoms with E-state index in [1.54, 1.807) is 4.90 Å². The minimum Gasteiger partial charge on any atom is -0.394 e. The van der Waals surface area contributed by atoms with Crippen LogP contribution in [0.3, 0.4) is 0 Å². The standard InChI is InChI=1S/C15H24N2O4/c18-9-13-10-21-7-6-17(13)15(20)12-2-1-5-16(8-12)14(19)11-3-4-11/h11-13,18H,1-10H2. The predicted molar refractivity (Wildman–Crippen MR) is 75.4 cm³/mol. The molecule has 2 atom stereocenters. The zero-order valence-corrected chi connectivity index (χ0v) is 12.4. The van der Waals surface area contributed by atoms with E-state index in [1.807, 2.05) is 4.90 Å². The van der Waals surface area contributed by atoms with Crippen LogP contribution in [0.2, 0.25) is 0 Å². The van der Waals surface area contributed by atoms with Gasteiger partial charge in [0.15, 0.2) is 0 Å². The molecule has 1 N–H and O–H groups in total. The topological polar surface area (TPSA) is 70.1 Å². The number of aliphatic hydroxyl groups is 1. The number of amides is 2. The van der Waals surface area contributed by atoms with Gasteiger partial charge in [-0.25, -0.2) is 0 Å². The van der Waals surface area contributed by atoms with Crippen molar-refractivity contribution in [2.75, 3.05) is 39.5 Å². The SMILES string of the molecule is O=C(C1CC1)N1CCCC(C(=O)N2CCOCC2CO)C1. The van der Waals surface area contributed by atoms with E-state index in [1.165, 1.54) is 0 Å². The molecule has 3 fully saturated rings. The van der Waals surface area contributed by atoms with Gasteiger partial charge in [0.25, 0.3) is 0 Å². The molecule has 6 heteroatoms. The van der Waals surface area contributed by atoms with Crippen LogP contribution in [0.5, 0.6) is 0 Å². The van der Waals surface area contributed by atoms with Gasteiger partial charge in [0.2, 0.25) is 11.8 Å². The van der Waals surface area contributed by atoms with Crippen LogP contribution in [0, 0.1) is 11.8 Å². The number of morpholine rings is 1. The maximum atomic E-state index is 12.7. The first-order chi connectivity index (χ1) is 10.2. The fraction of sp³-hybridized carbons (Fsp3) is 0.867. The van der Waals surface area contributed by atoms with Crippen LogP contribution in [0.1, 0.15) is 25.7 Å². The second kappa shape index (κ2) is 6.32. The smallest absolute Gasteiger partial charge is 0.227 e. The Labute approximate surface area is 125 Å². The molecule has 3 rings (SSSR count). The van der Waals surface area contributed by atoms with Crippen LogP contribution < -0.4 is 0 Å². The van der Waals surface area contributed by atoms with Gasteiger partial charge in [0.05, 0.1) is 31.8 Å². The molecule has 0 aromatic rings. The number of hydrogen-bond acceptors (Lipinski definition) is 4. The molecule has 21 heavy (non-hydrogen) atoms. The average molecular weight is 296 g/mol. The summed E-state index contributed by atoms with van der Waals surface area (Å²) in [6, 6.07) is -0.235. The van der Waals surface area contributed by atoms with Gasteiger partial charge in [-0.3, -0.25) is 9.59 Å². The van der Waals surface area contributed by atoms with Crippen molar-refractivity contribution in [3.05, 3.63) is 0 Å². The van der Waals surface area contributed by atoms with Crippen molar-refractivity contribution in [2.24, 2.45) is 11.8 Å². The number of piperidine rings is 1. The molecule has 2 unspecified atom stereocenters. The second-order valence-corrected chi connectivity index (χ2v) is 6.34. The van der Waals surface area contributed by atoms with Crippen LogP contribution in [-0.2, 0) is 14.3 Å². The fourth-order valence-corrected chi connectivity index (χ4v) is 3.30. The largest absolute Gasteiger partial charge is 0.394 e. The number of ether oxygens (including phenoxy) is 1. The Morgan fingerprint density at radius 1 is 1.10 bits per heavy atom. The number of hydrogen-bond donors (Lipinski definition) is 1. The Bertz CT molecular complexity index is 410. The van der Waals surface area contributed by atoms with Gasteiger partial charge >= 0.3 is 0 Å². The van der Waals surface area contributed by atoms with E-state index in [0.717, 1.165) is 32.2 Å². The third kappa shape index (κ3) is 3.21. The van der Waals surface area contributed by atoms with Crippen LogP contribution in [-0.4, -0.2) is 72.2 Å². The Balaban J connectivity index is 1.61. The lowest BCUT2D eigenvalue weighted by molar-refractivity contribution is -0.149. The maximum absolute atomic E-state index is 12.7. The van der Waals surface area contributed by atoms with Crippen LogP contribution >= 0.6 is 0 Å². The highest BCUT2D eigenvalue weighted by atomic mass is 16.5. The highest BCUT2D eigenvalue weighted by molar-refractivity contribution is 5.83. The lowest BCUT2D eigenvalue weighted by Crippen LogP contribution is -2.55. The normalized spacial score (nSPS) is 30.3. The number of aliphatic hydroxyl groups excluding tert-OH is 1. The Morgan fingerprint density at radius 3 is 2.62 bits per heavy atom. The molecule has 6 nitrogen and oxygen atoms in total. The minimum atomic E-state index is -0.235. The summed E-state index contributed by atoms with van der Waals surface area (Å²) in [6.45, 7) is 2.73. The lowest BCUT2D eigenvalue weighted by Gasteiger charge is -2.39. The Hall–Kier alpha value is -1.14. The van der Waals surface area contributed by atoms with Crippen molar-refractivity contribution in [2.45, 2.75) is 31.7 Å². The number of carbonyl (C=O) groups excluding carboxylic acids is 2. The van der Waals surface area contributed by atoms with E-state index in [2.05, 4.69) is 0 Å². The summed E-state index contributed by atoms with van der Waals surface area (Å²) in [6.07, 6.45) is 3.74.